The van der Waals surface area contributed by atoms with E-state index in [1.807, 2.05) is 18.2 Å². The fraction of sp³-hybridized carbons (Fsp3) is 0.211. The smallest absolute Gasteiger partial charge is 0.354 e. The first-order valence-electron chi connectivity index (χ1n) is 7.90. The topological polar surface area (TPSA) is 86.8 Å². The molecule has 1 aromatic heterocycles. The van der Waals surface area contributed by atoms with Crippen molar-refractivity contribution in [2.45, 2.75) is 6.42 Å². The maximum Gasteiger partial charge on any atom is 0.354 e. The van der Waals surface area contributed by atoms with E-state index in [1.54, 1.807) is 30.5 Å². The van der Waals surface area contributed by atoms with Crippen molar-refractivity contribution in [2.75, 3.05) is 26.1 Å². The Hall–Kier alpha value is -3.35. The minimum atomic E-state index is -0.675. The number of anilines is 1. The van der Waals surface area contributed by atoms with Gasteiger partial charge in [0.25, 0.3) is 0 Å². The van der Waals surface area contributed by atoms with Crippen LogP contribution in [-0.2, 0) is 25.5 Å². The van der Waals surface area contributed by atoms with Crippen molar-refractivity contribution < 1.29 is 23.8 Å². The largest absolute Gasteiger partial charge is 0.493 e. The third kappa shape index (κ3) is 5.94. The van der Waals surface area contributed by atoms with Crippen molar-refractivity contribution in [2.24, 2.45) is 0 Å². The number of ether oxygens (including phenoxy) is 3. The maximum absolute atomic E-state index is 11.7. The average molecular weight is 356 g/mol. The van der Waals surface area contributed by atoms with E-state index < -0.39 is 11.9 Å². The van der Waals surface area contributed by atoms with Crippen molar-refractivity contribution in [3.05, 3.63) is 66.1 Å². The highest BCUT2D eigenvalue weighted by molar-refractivity contribution is 5.98. The minimum absolute atomic E-state index is 0.0248. The van der Waals surface area contributed by atoms with Gasteiger partial charge in [-0.25, -0.2) is 9.59 Å². The van der Waals surface area contributed by atoms with Gasteiger partial charge in [-0.2, -0.15) is 0 Å². The van der Waals surface area contributed by atoms with E-state index in [1.165, 1.54) is 14.2 Å². The first kappa shape index (κ1) is 19.0. The predicted molar refractivity (Wildman–Crippen MR) is 95.6 cm³/mol. The first-order valence-corrected chi connectivity index (χ1v) is 7.90. The molecule has 0 fully saturated rings. The van der Waals surface area contributed by atoms with Gasteiger partial charge in [-0.1, -0.05) is 6.07 Å². The Morgan fingerprint density at radius 2 is 1.85 bits per heavy atom. The Labute approximate surface area is 151 Å². The normalized spacial score (nSPS) is 10.8. The lowest BCUT2D eigenvalue weighted by Gasteiger charge is -2.10. The molecule has 0 amide bonds. The molecule has 136 valence electrons. The average Bonchev–Trinajstić information content (AvgIpc) is 2.68. The Morgan fingerprint density at radius 3 is 2.46 bits per heavy atom. The number of esters is 2. The molecule has 1 N–H and O–H groups in total. The SMILES string of the molecule is COC(=O)/C=C(/Nc1ccc(OCCc2ccccn2)cc1)C(=O)OC. The minimum Gasteiger partial charge on any atom is -0.493 e. The molecule has 0 aliphatic rings. The van der Waals surface area contributed by atoms with Crippen LogP contribution in [0, 0.1) is 0 Å². The first-order chi connectivity index (χ1) is 12.6. The fourth-order valence-corrected chi connectivity index (χ4v) is 2.04. The number of benzene rings is 1. The summed E-state index contributed by atoms with van der Waals surface area (Å²) in [6, 6.07) is 12.7. The van der Waals surface area contributed by atoms with Crippen LogP contribution in [0.25, 0.3) is 0 Å². The maximum atomic E-state index is 11.7. The number of carbonyl (C=O) groups excluding carboxylic acids is 2. The lowest BCUT2D eigenvalue weighted by molar-refractivity contribution is -0.138. The molecule has 1 aromatic carbocycles. The third-order valence-corrected chi connectivity index (χ3v) is 3.36. The summed E-state index contributed by atoms with van der Waals surface area (Å²) >= 11 is 0. The molecule has 0 aliphatic carbocycles. The van der Waals surface area contributed by atoms with Crippen LogP contribution in [0.2, 0.25) is 0 Å². The van der Waals surface area contributed by atoms with Crippen LogP contribution in [0.15, 0.2) is 60.4 Å². The van der Waals surface area contributed by atoms with Gasteiger partial charge >= 0.3 is 11.9 Å². The number of aromatic nitrogens is 1. The lowest BCUT2D eigenvalue weighted by Crippen LogP contribution is -2.15. The van der Waals surface area contributed by atoms with E-state index in [4.69, 9.17) is 4.74 Å². The fourth-order valence-electron chi connectivity index (χ4n) is 2.04. The molecule has 0 saturated carbocycles. The number of nitrogens with one attached hydrogen (secondary N) is 1. The molecule has 0 radical (unpaired) electrons. The summed E-state index contributed by atoms with van der Waals surface area (Å²) in [5, 5.41) is 2.82. The summed E-state index contributed by atoms with van der Waals surface area (Å²) in [5.74, 6) is -0.651. The number of hydrogen-bond acceptors (Lipinski definition) is 7. The van der Waals surface area contributed by atoms with Crippen LogP contribution in [-0.4, -0.2) is 37.7 Å². The summed E-state index contributed by atoms with van der Waals surface area (Å²) < 4.78 is 14.8. The van der Waals surface area contributed by atoms with Crippen LogP contribution in [0.1, 0.15) is 5.69 Å². The van der Waals surface area contributed by atoms with Gasteiger partial charge in [0.2, 0.25) is 0 Å². The second-order valence-electron chi connectivity index (χ2n) is 5.14. The second kappa shape index (κ2) is 9.83. The molecule has 0 saturated heterocycles. The molecule has 0 unspecified atom stereocenters. The Balaban J connectivity index is 1.94. The van der Waals surface area contributed by atoms with Gasteiger partial charge in [0, 0.05) is 24.0 Å². The zero-order valence-corrected chi connectivity index (χ0v) is 14.6. The van der Waals surface area contributed by atoms with E-state index in [9.17, 15) is 9.59 Å². The second-order valence-corrected chi connectivity index (χ2v) is 5.14. The van der Waals surface area contributed by atoms with Crippen molar-refractivity contribution in [3.8, 4) is 5.75 Å². The van der Waals surface area contributed by atoms with Gasteiger partial charge < -0.3 is 19.5 Å². The molecular formula is C19H20N2O5. The quantitative estimate of drug-likeness (QED) is 0.574. The predicted octanol–water partition coefficient (Wildman–Crippen LogP) is 2.34. The number of carbonyl (C=O) groups is 2. The molecule has 7 heteroatoms. The van der Waals surface area contributed by atoms with Crippen LogP contribution < -0.4 is 10.1 Å². The summed E-state index contributed by atoms with van der Waals surface area (Å²) in [4.78, 5) is 27.3. The number of pyridine rings is 1. The molecule has 2 rings (SSSR count). The summed E-state index contributed by atoms with van der Waals surface area (Å²) in [6.45, 7) is 0.499. The molecule has 2 aromatic rings. The van der Waals surface area contributed by atoms with Crippen molar-refractivity contribution in [1.29, 1.82) is 0 Å². The van der Waals surface area contributed by atoms with Gasteiger partial charge in [-0.3, -0.25) is 4.98 Å². The van der Waals surface area contributed by atoms with Crippen molar-refractivity contribution >= 4 is 17.6 Å². The molecule has 26 heavy (non-hydrogen) atoms. The van der Waals surface area contributed by atoms with Crippen LogP contribution in [0.4, 0.5) is 5.69 Å². The van der Waals surface area contributed by atoms with Gasteiger partial charge in [-0.05, 0) is 36.4 Å². The Kier molecular flexibility index (Phi) is 7.17. The molecule has 7 nitrogen and oxygen atoms in total. The zero-order valence-electron chi connectivity index (χ0n) is 14.6. The Bertz CT molecular complexity index is 757. The third-order valence-electron chi connectivity index (χ3n) is 3.36. The number of methoxy groups -OCH3 is 2. The highest BCUT2D eigenvalue weighted by Crippen LogP contribution is 2.18. The van der Waals surface area contributed by atoms with E-state index in [-0.39, 0.29) is 5.70 Å². The van der Waals surface area contributed by atoms with Crippen LogP contribution in [0.3, 0.4) is 0 Å². The molecular weight excluding hydrogens is 336 g/mol. The monoisotopic (exact) mass is 356 g/mol. The zero-order chi connectivity index (χ0) is 18.8. The van der Waals surface area contributed by atoms with Crippen molar-refractivity contribution in [1.82, 2.24) is 4.98 Å². The Morgan fingerprint density at radius 1 is 1.08 bits per heavy atom. The highest BCUT2D eigenvalue weighted by Gasteiger charge is 2.12. The number of nitrogens with zero attached hydrogens (tertiary/aromatic N) is 1. The van der Waals surface area contributed by atoms with Crippen LogP contribution in [0.5, 0.6) is 5.75 Å². The van der Waals surface area contributed by atoms with Gasteiger partial charge in [0.05, 0.1) is 26.9 Å². The van der Waals surface area contributed by atoms with Gasteiger partial charge in [-0.15, -0.1) is 0 Å². The summed E-state index contributed by atoms with van der Waals surface area (Å²) in [5.41, 5.74) is 1.53. The molecule has 1 heterocycles. The van der Waals surface area contributed by atoms with E-state index in [0.29, 0.717) is 24.5 Å². The molecule has 0 spiro atoms. The van der Waals surface area contributed by atoms with E-state index >= 15 is 0 Å². The molecule has 0 aliphatic heterocycles. The van der Waals surface area contributed by atoms with E-state index in [2.05, 4.69) is 19.8 Å². The summed E-state index contributed by atoms with van der Waals surface area (Å²) in [7, 11) is 2.46. The van der Waals surface area contributed by atoms with Crippen LogP contribution >= 0.6 is 0 Å². The number of hydrogen-bond donors (Lipinski definition) is 1. The van der Waals surface area contributed by atoms with Gasteiger partial charge in [0.15, 0.2) is 0 Å². The van der Waals surface area contributed by atoms with Crippen molar-refractivity contribution in [3.63, 3.8) is 0 Å². The highest BCUT2D eigenvalue weighted by atomic mass is 16.5. The molecule has 0 atom stereocenters. The van der Waals surface area contributed by atoms with E-state index in [0.717, 1.165) is 11.8 Å². The lowest BCUT2D eigenvalue weighted by atomic mass is 10.2. The standard InChI is InChI=1S/C19H20N2O5/c1-24-18(22)13-17(19(23)25-2)21-15-6-8-16(9-7-15)26-12-10-14-5-3-4-11-20-14/h3-9,11,13,21H,10,12H2,1-2H3/b17-13+. The molecule has 0 bridgehead atoms. The summed E-state index contributed by atoms with van der Waals surface area (Å²) in [6.07, 6.45) is 3.48. The van der Waals surface area contributed by atoms with Gasteiger partial charge in [0.1, 0.15) is 11.4 Å². The number of rotatable bonds is 8.